The highest BCUT2D eigenvalue weighted by Gasteiger charge is 2.41. The third-order valence-electron chi connectivity index (χ3n) is 12.4. The molecule has 25 heteroatoms. The van der Waals surface area contributed by atoms with Crippen molar-refractivity contribution in [1.82, 2.24) is 46.7 Å². The zero-order chi connectivity index (χ0) is 52.6. The number of aliphatic hydroxyl groups is 1. The first-order valence-electron chi connectivity index (χ1n) is 23.4. The van der Waals surface area contributed by atoms with Crippen LogP contribution >= 0.6 is 25.3 Å². The fourth-order valence-electron chi connectivity index (χ4n) is 8.59. The molecule has 2 saturated heterocycles. The molecule has 23 nitrogen and oxygen atoms in total. The molecule has 5 rings (SSSR count). The molecule has 8 amide bonds. The van der Waals surface area contributed by atoms with Crippen molar-refractivity contribution in [2.24, 2.45) is 5.73 Å². The van der Waals surface area contributed by atoms with Gasteiger partial charge in [0.1, 0.15) is 42.3 Å². The molecular weight excluding hydrogens is 977 g/mol. The maximum atomic E-state index is 14.4. The summed E-state index contributed by atoms with van der Waals surface area (Å²) >= 11 is 8.06. The second kappa shape index (κ2) is 26.7. The number of aliphatic carboxylic acids is 2. The van der Waals surface area contributed by atoms with Gasteiger partial charge in [0.15, 0.2) is 0 Å². The van der Waals surface area contributed by atoms with Gasteiger partial charge in [-0.25, -0.2) is 4.79 Å². The Morgan fingerprint density at radius 1 is 0.708 bits per heavy atom. The first-order valence-corrected chi connectivity index (χ1v) is 24.7. The van der Waals surface area contributed by atoms with E-state index < -0.39 is 127 Å². The normalized spacial score (nSPS) is 18.3. The van der Waals surface area contributed by atoms with E-state index in [9.17, 15) is 63.3 Å². The zero-order valence-electron chi connectivity index (χ0n) is 39.5. The van der Waals surface area contributed by atoms with Gasteiger partial charge < -0.3 is 67.7 Å². The Morgan fingerprint density at radius 2 is 1.31 bits per heavy atom. The number of aromatic nitrogens is 1. The van der Waals surface area contributed by atoms with E-state index in [1.807, 2.05) is 0 Å². The number of hydrogen-bond acceptors (Lipinski definition) is 14. The van der Waals surface area contributed by atoms with E-state index >= 15 is 0 Å². The summed E-state index contributed by atoms with van der Waals surface area (Å²) in [5, 5.41) is 45.7. The van der Waals surface area contributed by atoms with Crippen LogP contribution in [0.5, 0.6) is 0 Å². The molecule has 3 heterocycles. The van der Waals surface area contributed by atoms with E-state index in [0.717, 1.165) is 0 Å². The van der Waals surface area contributed by atoms with Crippen molar-refractivity contribution in [3.8, 4) is 0 Å². The van der Waals surface area contributed by atoms with Crippen LogP contribution in [0.4, 0.5) is 0 Å². The first kappa shape index (κ1) is 56.2. The minimum atomic E-state index is -1.73. The lowest BCUT2D eigenvalue weighted by molar-refractivity contribution is -0.143. The Bertz CT molecular complexity index is 2460. The van der Waals surface area contributed by atoms with Crippen LogP contribution in [0.25, 0.3) is 10.9 Å². The molecule has 0 spiro atoms. The Labute approximate surface area is 425 Å². The van der Waals surface area contributed by atoms with Gasteiger partial charge in [0.05, 0.1) is 18.7 Å². The van der Waals surface area contributed by atoms with Crippen molar-refractivity contribution in [3.63, 3.8) is 0 Å². The zero-order valence-corrected chi connectivity index (χ0v) is 41.2. The minimum absolute atomic E-state index is 0.00950. The number of nitrogens with one attached hydrogen (secondary N) is 7. The predicted molar refractivity (Wildman–Crippen MR) is 266 cm³/mol. The number of carboxylic acids is 2. The molecule has 72 heavy (non-hydrogen) atoms. The number of rotatable bonds is 25. The van der Waals surface area contributed by atoms with Crippen molar-refractivity contribution in [3.05, 3.63) is 71.9 Å². The predicted octanol–water partition coefficient (Wildman–Crippen LogP) is -2.01. The lowest BCUT2D eigenvalue weighted by Crippen LogP contribution is -2.62. The van der Waals surface area contributed by atoms with Crippen molar-refractivity contribution in [2.75, 3.05) is 31.1 Å². The van der Waals surface area contributed by atoms with Crippen LogP contribution in [-0.2, 0) is 60.8 Å². The molecule has 0 radical (unpaired) electrons. The highest BCUT2D eigenvalue weighted by molar-refractivity contribution is 7.80. The molecule has 3 aromatic rings. The van der Waals surface area contributed by atoms with Gasteiger partial charge in [-0.05, 0) is 56.2 Å². The number of carbonyl (C=O) groups excluding carboxylic acids is 8. The molecule has 12 N–H and O–H groups in total. The molecule has 1 aromatic heterocycles. The van der Waals surface area contributed by atoms with Crippen LogP contribution in [-0.4, -0.2) is 175 Å². The van der Waals surface area contributed by atoms with E-state index in [1.54, 1.807) is 60.8 Å². The number of nitrogens with two attached hydrogens (primary N) is 1. The van der Waals surface area contributed by atoms with Crippen LogP contribution in [0, 0.1) is 0 Å². The molecule has 2 aromatic carbocycles. The van der Waals surface area contributed by atoms with E-state index in [4.69, 9.17) is 5.73 Å². The van der Waals surface area contributed by atoms with E-state index in [-0.39, 0.29) is 50.3 Å². The van der Waals surface area contributed by atoms with Gasteiger partial charge in [-0.2, -0.15) is 25.3 Å². The van der Waals surface area contributed by atoms with Crippen LogP contribution in [0.15, 0.2) is 60.8 Å². The third-order valence-corrected chi connectivity index (χ3v) is 13.2. The van der Waals surface area contributed by atoms with Gasteiger partial charge in [-0.3, -0.25) is 43.2 Å². The van der Waals surface area contributed by atoms with E-state index in [2.05, 4.69) is 62.1 Å². The fourth-order valence-corrected chi connectivity index (χ4v) is 8.99. The number of nitrogens with zero attached hydrogens (tertiary/aromatic N) is 2. The number of carboxylic acid groups (broad SMARTS) is 2. The van der Waals surface area contributed by atoms with Gasteiger partial charge in [0, 0.05) is 61.0 Å². The molecular formula is C47H62N10O13S2. The summed E-state index contributed by atoms with van der Waals surface area (Å²) in [5.41, 5.74) is 7.70. The average Bonchev–Trinajstić information content (AvgIpc) is 4.15. The molecule has 2 fully saturated rings. The summed E-state index contributed by atoms with van der Waals surface area (Å²) in [6.45, 7) is 0.877. The molecule has 0 aliphatic carbocycles. The number of hydrogen-bond donors (Lipinski definition) is 13. The first-order chi connectivity index (χ1) is 34.3. The second-order valence-corrected chi connectivity index (χ2v) is 18.4. The van der Waals surface area contributed by atoms with Crippen LogP contribution in [0.3, 0.4) is 0 Å². The largest absolute Gasteiger partial charge is 0.481 e. The monoisotopic (exact) mass is 1040 g/mol. The van der Waals surface area contributed by atoms with Gasteiger partial charge >= 0.3 is 11.9 Å². The molecule has 0 bridgehead atoms. The SMILES string of the molecule is CC(O)C(NC(=O)C(Cc1c[nH]c2ccccc12)NC(=O)C1CCCN1C(=O)C(CCC(=O)O)NC(=O)CNC(=O)C1CCCN1C(=O)C(N)CS)C(=O)NC(Cc1ccccc1)C(=O)NC(CS)C(=O)O. The number of benzene rings is 2. The van der Waals surface area contributed by atoms with Gasteiger partial charge in [-0.15, -0.1) is 0 Å². The standard InChI is InChI=1S/C47H62N10O13S2/c1-25(58)39(44(66)53-32(19-26-9-3-2-4-10-26)40(62)54-34(24-72)47(69)70)55-41(63)33(20-27-21-49-30-12-6-5-11-28(27)30)52-43(65)36-14-8-18-57(36)46(68)31(15-16-38(60)61)51-37(59)22-50-42(64)35-13-7-17-56(35)45(67)29(48)23-71/h2-6,9-12,21,25,29,31-36,39,49,58,71-72H,7-8,13-20,22-24,48H2,1H3,(H,50,64)(H,51,59)(H,52,65)(H,53,66)(H,54,62)(H,55,63)(H,60,61)(H,69,70). The topological polar surface area (TPSA) is 352 Å². The average molecular weight is 1040 g/mol. The fraction of sp³-hybridized carbons (Fsp3) is 0.489. The van der Waals surface area contributed by atoms with E-state index in [0.29, 0.717) is 41.3 Å². The van der Waals surface area contributed by atoms with Gasteiger partial charge in [0.25, 0.3) is 0 Å². The van der Waals surface area contributed by atoms with Crippen molar-refractivity contribution >= 4 is 95.4 Å². The number of para-hydroxylation sites is 1. The Kier molecular flexibility index (Phi) is 20.8. The lowest BCUT2D eigenvalue weighted by atomic mass is 10.0. The highest BCUT2D eigenvalue weighted by atomic mass is 32.1. The molecule has 0 saturated carbocycles. The number of carbonyl (C=O) groups is 10. The summed E-state index contributed by atoms with van der Waals surface area (Å²) in [6, 6.07) is 5.10. The minimum Gasteiger partial charge on any atom is -0.481 e. The summed E-state index contributed by atoms with van der Waals surface area (Å²) in [6.07, 6.45) is 0.0633. The number of likely N-dealkylation sites (tertiary alicyclic amines) is 2. The van der Waals surface area contributed by atoms with Crippen LogP contribution in [0.2, 0.25) is 0 Å². The molecule has 9 atom stereocenters. The molecule has 2 aliphatic heterocycles. The van der Waals surface area contributed by atoms with Crippen LogP contribution < -0.4 is 37.6 Å². The number of thiol groups is 2. The maximum Gasteiger partial charge on any atom is 0.327 e. The van der Waals surface area contributed by atoms with Gasteiger partial charge in [-0.1, -0.05) is 48.5 Å². The molecule has 2 aliphatic rings. The Balaban J connectivity index is 1.33. The Morgan fingerprint density at radius 3 is 1.93 bits per heavy atom. The van der Waals surface area contributed by atoms with Crippen molar-refractivity contribution < 1.29 is 63.3 Å². The summed E-state index contributed by atoms with van der Waals surface area (Å²) in [4.78, 5) is 139. The number of aromatic amines is 1. The number of fused-ring (bicyclic) bond motifs is 1. The molecule has 9 unspecified atom stereocenters. The van der Waals surface area contributed by atoms with Crippen LogP contribution in [0.1, 0.15) is 56.6 Å². The second-order valence-electron chi connectivity index (χ2n) is 17.6. The number of aliphatic hydroxyl groups excluding tert-OH is 1. The maximum absolute atomic E-state index is 14.4. The lowest BCUT2D eigenvalue weighted by Gasteiger charge is -2.30. The number of amides is 8. The molecule has 390 valence electrons. The summed E-state index contributed by atoms with van der Waals surface area (Å²) in [5.74, 6) is -9.25. The summed E-state index contributed by atoms with van der Waals surface area (Å²) < 4.78 is 0. The quantitative estimate of drug-likeness (QED) is 0.0408. The Hall–Kier alpha value is -6.70. The van der Waals surface area contributed by atoms with Crippen molar-refractivity contribution in [2.45, 2.75) is 113 Å². The van der Waals surface area contributed by atoms with Crippen molar-refractivity contribution in [1.29, 1.82) is 0 Å². The number of H-pyrrole nitrogens is 1. The van der Waals surface area contributed by atoms with Gasteiger partial charge in [0.2, 0.25) is 47.3 Å². The smallest absolute Gasteiger partial charge is 0.327 e. The summed E-state index contributed by atoms with van der Waals surface area (Å²) in [7, 11) is 0. The third kappa shape index (κ3) is 15.2. The highest BCUT2D eigenvalue weighted by Crippen LogP contribution is 2.23. The van der Waals surface area contributed by atoms with E-state index in [1.165, 1.54) is 16.7 Å².